The van der Waals surface area contributed by atoms with E-state index in [2.05, 4.69) is 48.5 Å². The molecule has 0 nitrogen and oxygen atoms in total. The van der Waals surface area contributed by atoms with Crippen molar-refractivity contribution in [1.82, 2.24) is 0 Å². The van der Waals surface area contributed by atoms with E-state index in [1.165, 1.54) is 186 Å². The van der Waals surface area contributed by atoms with Gasteiger partial charge in [-0.25, -0.2) is 35.1 Å². The summed E-state index contributed by atoms with van der Waals surface area (Å²) in [6, 6.07) is 0.665. The summed E-state index contributed by atoms with van der Waals surface area (Å²) in [5, 5.41) is 0. The predicted octanol–water partition coefficient (Wildman–Crippen LogP) is 20.6. The predicted molar refractivity (Wildman–Crippen MR) is 264 cm³/mol. The van der Waals surface area contributed by atoms with Gasteiger partial charge >= 0.3 is 0 Å². The number of halogens is 8. The number of unbranched alkanes of at least 4 members (excludes halogenated alkanes) is 20. The highest BCUT2D eigenvalue weighted by Crippen LogP contribution is 2.36. The third-order valence-electron chi connectivity index (χ3n) is 13.0. The molecule has 0 saturated carbocycles. The van der Waals surface area contributed by atoms with Crippen LogP contribution in [0.25, 0.3) is 11.1 Å². The first-order valence-electron chi connectivity index (χ1n) is 26.0. The Morgan fingerprint density at radius 1 is 0.397 bits per heavy atom. The SMILES string of the molecule is CCCCCCCC[B-](CCCCCCCC)(CCCCCCCC)CCCCCCCC.CCC[PH2+]CC(C)CCC.Fc1ccc(-c2c(F)c(F)c(F)c(F)c2F)c(F)c1F. The van der Waals surface area contributed by atoms with Crippen molar-refractivity contribution in [2.75, 3.05) is 12.3 Å². The van der Waals surface area contributed by atoms with Gasteiger partial charge in [0.1, 0.15) is 0 Å². The van der Waals surface area contributed by atoms with Gasteiger partial charge in [-0.05, 0) is 39.5 Å². The van der Waals surface area contributed by atoms with Crippen molar-refractivity contribution in [2.24, 2.45) is 5.92 Å². The maximum absolute atomic E-state index is 13.4. The van der Waals surface area contributed by atoms with E-state index in [0.29, 0.717) is 12.1 Å². The van der Waals surface area contributed by atoms with Crippen LogP contribution in [0, 0.1) is 52.5 Å². The highest BCUT2D eigenvalue weighted by molar-refractivity contribution is 7.37. The maximum Gasteiger partial charge on any atom is 0.200 e. The minimum atomic E-state index is -2.44. The summed E-state index contributed by atoms with van der Waals surface area (Å²) in [5.41, 5.74) is -2.95. The van der Waals surface area contributed by atoms with Gasteiger partial charge in [0, 0.05) is 11.7 Å². The second-order valence-electron chi connectivity index (χ2n) is 18.8. The normalized spacial score (nSPS) is 12.1. The Labute approximate surface area is 383 Å². The molecular weight excluding hydrogens is 830 g/mol. The topological polar surface area (TPSA) is 0 Å². The first-order chi connectivity index (χ1) is 30.3. The summed E-state index contributed by atoms with van der Waals surface area (Å²) < 4.78 is 105. The van der Waals surface area contributed by atoms with Gasteiger partial charge in [0.25, 0.3) is 0 Å². The van der Waals surface area contributed by atoms with Crippen LogP contribution in [-0.2, 0) is 0 Å². The standard InChI is InChI=1S/C32H68B.C12H2F8.C9H21P/c1-5-9-13-17-21-25-29-33(30-26-22-18-14-10-6-2,31-27-23-19-15-11-7-3)32-28-24-20-16-12-8-4;13-4-2-1-3(6(14)7(4)15)5-8(16)10(18)12(20)11(19)9(5)17;1-4-6-9(3)8-10-7-5-2/h5-32H2,1-4H3;1-2H;9-10H,4-8H2,1-3H3/q-1;;/p+1. The third-order valence-corrected chi connectivity index (χ3v) is 15.2. The van der Waals surface area contributed by atoms with Crippen molar-refractivity contribution in [3.05, 3.63) is 58.7 Å². The monoisotopic (exact) mass is 923 g/mol. The molecule has 2 aromatic rings. The van der Waals surface area contributed by atoms with Crippen LogP contribution in [0.2, 0.25) is 25.3 Å². The smallest absolute Gasteiger partial charge is 0.200 e. The summed E-state index contributed by atoms with van der Waals surface area (Å²) in [6.45, 7) is 16.3. The van der Waals surface area contributed by atoms with Gasteiger partial charge < -0.3 is 0 Å². The van der Waals surface area contributed by atoms with Crippen molar-refractivity contribution in [2.45, 2.75) is 247 Å². The number of rotatable bonds is 35. The van der Waals surface area contributed by atoms with Gasteiger partial charge in [-0.15, -0.1) is 0 Å². The first-order valence-corrected chi connectivity index (χ1v) is 27.6. The Kier molecular flexibility index (Phi) is 38.5. The van der Waals surface area contributed by atoms with E-state index in [9.17, 15) is 35.1 Å². The van der Waals surface area contributed by atoms with Crippen molar-refractivity contribution in [3.8, 4) is 11.1 Å². The lowest BCUT2D eigenvalue weighted by molar-refractivity contribution is 0.380. The molecule has 0 saturated heterocycles. The fourth-order valence-electron chi connectivity index (χ4n) is 9.07. The molecule has 63 heavy (non-hydrogen) atoms. The lowest BCUT2D eigenvalue weighted by Gasteiger charge is -2.41. The van der Waals surface area contributed by atoms with E-state index in [1.54, 1.807) is 25.3 Å². The van der Waals surface area contributed by atoms with E-state index in [4.69, 9.17) is 0 Å². The zero-order valence-corrected chi connectivity index (χ0v) is 42.4. The lowest BCUT2D eigenvalue weighted by atomic mass is 9.17. The van der Waals surface area contributed by atoms with E-state index in [0.717, 1.165) is 14.5 Å². The maximum atomic E-state index is 13.4. The summed E-state index contributed by atoms with van der Waals surface area (Å²) in [5.74, 6) is -16.6. The number of hydrogen-bond donors (Lipinski definition) is 0. The Bertz CT molecular complexity index is 1310. The quantitative estimate of drug-likeness (QED) is 0.0161. The summed E-state index contributed by atoms with van der Waals surface area (Å²) in [7, 11) is 0.783. The molecule has 0 aliphatic rings. The van der Waals surface area contributed by atoms with Crippen molar-refractivity contribution < 1.29 is 35.1 Å². The minimum Gasteiger partial charge on any atom is -0.204 e. The van der Waals surface area contributed by atoms with E-state index in [1.807, 2.05) is 0 Å². The number of hydrogen-bond acceptors (Lipinski definition) is 0. The zero-order chi connectivity index (χ0) is 47.3. The van der Waals surface area contributed by atoms with Crippen molar-refractivity contribution in [3.63, 3.8) is 0 Å². The molecule has 0 fully saturated rings. The van der Waals surface area contributed by atoms with Gasteiger partial charge in [0.15, 0.2) is 40.7 Å². The Morgan fingerprint density at radius 3 is 1.10 bits per heavy atom. The van der Waals surface area contributed by atoms with Gasteiger partial charge in [-0.1, -0.05) is 209 Å². The molecule has 10 heteroatoms. The average Bonchev–Trinajstić information content (AvgIpc) is 3.27. The average molecular weight is 923 g/mol. The fourth-order valence-corrected chi connectivity index (χ4v) is 10.5. The molecule has 2 atom stereocenters. The Hall–Kier alpha value is -1.63. The zero-order valence-electron chi connectivity index (χ0n) is 41.2. The van der Waals surface area contributed by atoms with Gasteiger partial charge in [0.05, 0.1) is 17.9 Å². The molecule has 368 valence electrons. The molecule has 0 aliphatic carbocycles. The van der Waals surface area contributed by atoms with Crippen molar-refractivity contribution in [1.29, 1.82) is 0 Å². The molecule has 0 aromatic heterocycles. The lowest BCUT2D eigenvalue weighted by Crippen LogP contribution is -2.34. The molecule has 0 bridgehead atoms. The molecule has 2 unspecified atom stereocenters. The Morgan fingerprint density at radius 2 is 0.746 bits per heavy atom. The highest BCUT2D eigenvalue weighted by Gasteiger charge is 2.29. The van der Waals surface area contributed by atoms with Crippen LogP contribution in [0.3, 0.4) is 0 Å². The number of benzene rings is 2. The van der Waals surface area contributed by atoms with Crippen LogP contribution in [0.1, 0.15) is 222 Å². The molecular formula is C53H92BF8P. The van der Waals surface area contributed by atoms with E-state index < -0.39 is 57.7 Å². The first kappa shape index (κ1) is 61.4. The molecule has 0 N–H and O–H groups in total. The van der Waals surface area contributed by atoms with Crippen LogP contribution in [0.4, 0.5) is 35.1 Å². The molecule has 0 spiro atoms. The summed E-state index contributed by atoms with van der Waals surface area (Å²) >= 11 is 0. The van der Waals surface area contributed by atoms with E-state index in [-0.39, 0.29) is 6.15 Å². The fraction of sp³-hybridized carbons (Fsp3) is 0.774. The van der Waals surface area contributed by atoms with E-state index >= 15 is 0 Å². The summed E-state index contributed by atoms with van der Waals surface area (Å²) in [6.07, 6.45) is 48.9. The third kappa shape index (κ3) is 26.9. The molecule has 0 aliphatic heterocycles. The van der Waals surface area contributed by atoms with Gasteiger partial charge in [0.2, 0.25) is 5.82 Å². The summed E-state index contributed by atoms with van der Waals surface area (Å²) in [4.78, 5) is 0. The minimum absolute atomic E-state index is 0.104. The van der Waals surface area contributed by atoms with Gasteiger partial charge in [-0.3, -0.25) is 0 Å². The molecule has 2 aromatic carbocycles. The van der Waals surface area contributed by atoms with Crippen LogP contribution in [0.5, 0.6) is 0 Å². The molecule has 0 amide bonds. The van der Waals surface area contributed by atoms with Crippen LogP contribution >= 0.6 is 8.58 Å². The van der Waals surface area contributed by atoms with Crippen molar-refractivity contribution >= 4 is 14.7 Å². The van der Waals surface area contributed by atoms with Crippen LogP contribution in [-0.4, -0.2) is 18.5 Å². The molecule has 0 heterocycles. The molecule has 0 radical (unpaired) electrons. The van der Waals surface area contributed by atoms with Crippen LogP contribution < -0.4 is 0 Å². The second-order valence-corrected chi connectivity index (χ2v) is 20.5. The second kappa shape index (κ2) is 39.5. The van der Waals surface area contributed by atoms with Crippen LogP contribution in [0.15, 0.2) is 12.1 Å². The highest BCUT2D eigenvalue weighted by atomic mass is 31.1. The Balaban J connectivity index is 0.00000107. The largest absolute Gasteiger partial charge is 0.204 e. The van der Waals surface area contributed by atoms with Gasteiger partial charge in [-0.2, -0.15) is 25.3 Å². The molecule has 2 rings (SSSR count).